The molecule has 0 fully saturated rings. The molecule has 2 N–H and O–H groups in total. The summed E-state index contributed by atoms with van der Waals surface area (Å²) in [6, 6.07) is 8.26. The molecule has 2 aromatic rings. The average Bonchev–Trinajstić information content (AvgIpc) is 2.94. The molecule has 0 saturated heterocycles. The van der Waals surface area contributed by atoms with Crippen molar-refractivity contribution in [1.82, 2.24) is 20.1 Å². The van der Waals surface area contributed by atoms with E-state index < -0.39 is 0 Å². The number of hydrogen-bond donors (Lipinski definition) is 2. The summed E-state index contributed by atoms with van der Waals surface area (Å²) >= 11 is 0. The van der Waals surface area contributed by atoms with Crippen molar-refractivity contribution < 1.29 is 9.59 Å². The van der Waals surface area contributed by atoms with E-state index in [-0.39, 0.29) is 24.2 Å². The fourth-order valence-corrected chi connectivity index (χ4v) is 1.62. The molecule has 1 aromatic carbocycles. The smallest absolute Gasteiger partial charge is 0.252 e. The van der Waals surface area contributed by atoms with Gasteiger partial charge in [-0.3, -0.25) is 9.59 Å². The van der Waals surface area contributed by atoms with Gasteiger partial charge in [0.25, 0.3) is 11.7 Å². The second kappa shape index (κ2) is 6.29. The van der Waals surface area contributed by atoms with Crippen LogP contribution in [0, 0.1) is 11.3 Å². The molecule has 2 rings (SSSR count). The number of amides is 2. The first kappa shape index (κ1) is 14.2. The first-order chi connectivity index (χ1) is 10.1. The number of hydrogen-bond acceptors (Lipinski definition) is 5. The fraction of sp³-hybridized carbons (Fsp3) is 0.154. The molecule has 8 nitrogen and oxygen atoms in total. The van der Waals surface area contributed by atoms with Gasteiger partial charge in [-0.1, -0.05) is 0 Å². The van der Waals surface area contributed by atoms with Crippen LogP contribution in [-0.4, -0.2) is 33.6 Å². The van der Waals surface area contributed by atoms with Gasteiger partial charge in [0.2, 0.25) is 5.91 Å². The molecule has 0 radical (unpaired) electrons. The van der Waals surface area contributed by atoms with Gasteiger partial charge in [0.1, 0.15) is 18.9 Å². The number of aromatic nitrogens is 3. The lowest BCUT2D eigenvalue weighted by molar-refractivity contribution is -0.116. The lowest BCUT2D eigenvalue weighted by Crippen LogP contribution is -2.20. The zero-order chi connectivity index (χ0) is 15.2. The Balaban J connectivity index is 1.96. The number of carbonyl (C=O) groups excluding carboxylic acids is 2. The minimum absolute atomic E-state index is 0.0118. The fourth-order valence-electron chi connectivity index (χ4n) is 1.62. The number of rotatable bonds is 4. The molecule has 8 heteroatoms. The molecular weight excluding hydrogens is 272 g/mol. The van der Waals surface area contributed by atoms with Gasteiger partial charge in [0.05, 0.1) is 0 Å². The van der Waals surface area contributed by atoms with E-state index >= 15 is 0 Å². The molecule has 0 bridgehead atoms. The summed E-state index contributed by atoms with van der Waals surface area (Å²) in [6.07, 6.45) is 1.31. The van der Waals surface area contributed by atoms with Crippen LogP contribution in [-0.2, 0) is 11.3 Å². The predicted molar refractivity (Wildman–Crippen MR) is 73.2 cm³/mol. The van der Waals surface area contributed by atoms with Gasteiger partial charge in [-0.25, -0.2) is 9.67 Å². The zero-order valence-electron chi connectivity index (χ0n) is 11.2. The van der Waals surface area contributed by atoms with E-state index in [9.17, 15) is 9.59 Å². The van der Waals surface area contributed by atoms with Crippen molar-refractivity contribution in [3.8, 4) is 6.07 Å². The Morgan fingerprint density at radius 1 is 1.33 bits per heavy atom. The third-order valence-electron chi connectivity index (χ3n) is 2.60. The van der Waals surface area contributed by atoms with Crippen LogP contribution in [0.15, 0.2) is 30.6 Å². The lowest BCUT2D eigenvalue weighted by atomic mass is 10.2. The number of benzene rings is 1. The van der Waals surface area contributed by atoms with Crippen molar-refractivity contribution in [1.29, 1.82) is 5.26 Å². The third kappa shape index (κ3) is 3.63. The number of nitrogens with one attached hydrogen (secondary N) is 2. The van der Waals surface area contributed by atoms with E-state index in [4.69, 9.17) is 5.26 Å². The van der Waals surface area contributed by atoms with Gasteiger partial charge in [0, 0.05) is 18.3 Å². The Kier molecular flexibility index (Phi) is 4.26. The molecule has 21 heavy (non-hydrogen) atoms. The minimum Gasteiger partial charge on any atom is -0.355 e. The molecular formula is C13H12N6O2. The van der Waals surface area contributed by atoms with Gasteiger partial charge in [-0.05, 0) is 24.3 Å². The molecule has 0 saturated carbocycles. The molecule has 0 aliphatic carbocycles. The van der Waals surface area contributed by atoms with Crippen LogP contribution in [0.5, 0.6) is 0 Å². The molecule has 106 valence electrons. The Morgan fingerprint density at radius 2 is 2.05 bits per heavy atom. The van der Waals surface area contributed by atoms with Gasteiger partial charge >= 0.3 is 0 Å². The lowest BCUT2D eigenvalue weighted by Gasteiger charge is -2.06. The minimum atomic E-state index is -0.308. The molecule has 0 aliphatic heterocycles. The summed E-state index contributed by atoms with van der Waals surface area (Å²) in [5.74, 6) is -0.491. The molecule has 0 unspecified atom stereocenters. The number of nitrogens with zero attached hydrogens (tertiary/aromatic N) is 4. The largest absolute Gasteiger partial charge is 0.355 e. The van der Waals surface area contributed by atoms with Crippen molar-refractivity contribution in [3.63, 3.8) is 0 Å². The van der Waals surface area contributed by atoms with Crippen LogP contribution in [0.25, 0.3) is 0 Å². The first-order valence-corrected chi connectivity index (χ1v) is 6.04. The van der Waals surface area contributed by atoms with Gasteiger partial charge in [-0.15, -0.1) is 5.10 Å². The summed E-state index contributed by atoms with van der Waals surface area (Å²) in [5.41, 5.74) is 1.07. The Bertz CT molecular complexity index is 698. The monoisotopic (exact) mass is 284 g/mol. The van der Waals surface area contributed by atoms with Crippen LogP contribution < -0.4 is 10.6 Å². The summed E-state index contributed by atoms with van der Waals surface area (Å²) in [4.78, 5) is 26.9. The topological polar surface area (TPSA) is 113 Å². The van der Waals surface area contributed by atoms with Crippen molar-refractivity contribution in [3.05, 3.63) is 42.0 Å². The average molecular weight is 284 g/mol. The van der Waals surface area contributed by atoms with E-state index in [1.165, 1.54) is 11.0 Å². The summed E-state index contributed by atoms with van der Waals surface area (Å²) in [5, 5.41) is 17.5. The number of anilines is 1. The van der Waals surface area contributed by atoms with Crippen molar-refractivity contribution in [2.75, 3.05) is 12.4 Å². The molecule has 1 heterocycles. The van der Waals surface area contributed by atoms with E-state index in [1.807, 2.05) is 0 Å². The number of carbonyl (C=O) groups is 2. The standard InChI is InChI=1S/C13H12N6O2/c1-15-13(21)9-2-4-10(5-3-9)17-12(20)7-19-8-16-11(6-14)18-19/h2-5,8H,7H2,1H3,(H,15,21)(H,17,20). The van der Waals surface area contributed by atoms with Crippen LogP contribution in [0.4, 0.5) is 5.69 Å². The Labute approximate surface area is 120 Å². The number of nitriles is 1. The molecule has 0 spiro atoms. The van der Waals surface area contributed by atoms with Crippen molar-refractivity contribution in [2.24, 2.45) is 0 Å². The van der Waals surface area contributed by atoms with Crippen molar-refractivity contribution >= 4 is 17.5 Å². The quantitative estimate of drug-likeness (QED) is 0.829. The highest BCUT2D eigenvalue weighted by atomic mass is 16.2. The van der Waals surface area contributed by atoms with E-state index in [2.05, 4.69) is 20.7 Å². The second-order valence-corrected chi connectivity index (χ2v) is 4.08. The predicted octanol–water partition coefficient (Wildman–Crippen LogP) is 0.148. The highest BCUT2D eigenvalue weighted by molar-refractivity contribution is 5.95. The Hall–Kier alpha value is -3.21. The summed E-state index contributed by atoms with van der Waals surface area (Å²) in [7, 11) is 1.55. The second-order valence-electron chi connectivity index (χ2n) is 4.08. The molecule has 2 amide bonds. The van der Waals surface area contributed by atoms with Crippen molar-refractivity contribution in [2.45, 2.75) is 6.54 Å². The van der Waals surface area contributed by atoms with Gasteiger partial charge < -0.3 is 10.6 Å². The maximum Gasteiger partial charge on any atom is 0.252 e. The Morgan fingerprint density at radius 3 is 2.62 bits per heavy atom. The molecule has 0 aliphatic rings. The third-order valence-corrected chi connectivity index (χ3v) is 2.60. The maximum absolute atomic E-state index is 11.8. The SMILES string of the molecule is CNC(=O)c1ccc(NC(=O)Cn2cnc(C#N)n2)cc1. The van der Waals surface area contributed by atoms with E-state index in [1.54, 1.807) is 37.4 Å². The van der Waals surface area contributed by atoms with Crippen LogP contribution >= 0.6 is 0 Å². The first-order valence-electron chi connectivity index (χ1n) is 6.04. The zero-order valence-corrected chi connectivity index (χ0v) is 11.2. The van der Waals surface area contributed by atoms with Gasteiger partial charge in [0.15, 0.2) is 0 Å². The molecule has 1 aromatic heterocycles. The summed E-state index contributed by atoms with van der Waals surface area (Å²) in [6.45, 7) is -0.0497. The van der Waals surface area contributed by atoms with E-state index in [0.29, 0.717) is 11.3 Å². The highest BCUT2D eigenvalue weighted by Gasteiger charge is 2.07. The van der Waals surface area contributed by atoms with Gasteiger partial charge in [-0.2, -0.15) is 5.26 Å². The maximum atomic E-state index is 11.8. The van der Waals surface area contributed by atoms with Crippen LogP contribution in [0.2, 0.25) is 0 Å². The summed E-state index contributed by atoms with van der Waals surface area (Å²) < 4.78 is 1.27. The molecule has 0 atom stereocenters. The van der Waals surface area contributed by atoms with E-state index in [0.717, 1.165) is 0 Å². The normalized spacial score (nSPS) is 9.71. The highest BCUT2D eigenvalue weighted by Crippen LogP contribution is 2.09. The van der Waals surface area contributed by atoms with Crippen LogP contribution in [0.3, 0.4) is 0 Å². The van der Waals surface area contributed by atoms with Crippen LogP contribution in [0.1, 0.15) is 16.2 Å².